The molecule has 0 unspecified atom stereocenters. The Bertz CT molecular complexity index is 517. The number of hydrogen-bond donors (Lipinski definition) is 0. The summed E-state index contributed by atoms with van der Waals surface area (Å²) in [5.41, 5.74) is 1.97. The van der Waals surface area contributed by atoms with Crippen LogP contribution >= 0.6 is 15.9 Å². The SMILES string of the molecule is Cc1nn(C)c(CC2(C#N)CCC(C(C)C)CC2)c1Br. The van der Waals surface area contributed by atoms with Crippen LogP contribution in [0.5, 0.6) is 0 Å². The van der Waals surface area contributed by atoms with Crippen LogP contribution in [0.1, 0.15) is 50.9 Å². The summed E-state index contributed by atoms with van der Waals surface area (Å²) in [6.07, 6.45) is 5.21. The van der Waals surface area contributed by atoms with Crippen molar-refractivity contribution in [2.45, 2.75) is 52.9 Å². The highest BCUT2D eigenvalue weighted by atomic mass is 79.9. The molecule has 0 spiro atoms. The van der Waals surface area contributed by atoms with Crippen molar-refractivity contribution >= 4 is 15.9 Å². The number of hydrogen-bond acceptors (Lipinski definition) is 2. The maximum Gasteiger partial charge on any atom is 0.0738 e. The van der Waals surface area contributed by atoms with Crippen molar-refractivity contribution in [3.8, 4) is 6.07 Å². The van der Waals surface area contributed by atoms with E-state index in [1.165, 1.54) is 12.8 Å². The Morgan fingerprint density at radius 2 is 2.05 bits per heavy atom. The zero-order valence-corrected chi connectivity index (χ0v) is 14.5. The third-order valence-corrected chi connectivity index (χ3v) is 5.97. The van der Waals surface area contributed by atoms with E-state index in [-0.39, 0.29) is 5.41 Å². The van der Waals surface area contributed by atoms with E-state index >= 15 is 0 Å². The van der Waals surface area contributed by atoms with Gasteiger partial charge < -0.3 is 0 Å². The first kappa shape index (κ1) is 15.6. The first-order valence-electron chi connectivity index (χ1n) is 7.48. The number of aromatic nitrogens is 2. The summed E-state index contributed by atoms with van der Waals surface area (Å²) in [6.45, 7) is 6.60. The normalized spacial score (nSPS) is 26.8. The van der Waals surface area contributed by atoms with Crippen molar-refractivity contribution in [1.82, 2.24) is 9.78 Å². The fourth-order valence-corrected chi connectivity index (χ4v) is 3.86. The quantitative estimate of drug-likeness (QED) is 0.820. The molecule has 0 saturated heterocycles. The molecular weight excluding hydrogens is 314 g/mol. The molecule has 3 nitrogen and oxygen atoms in total. The van der Waals surface area contributed by atoms with Crippen LogP contribution in [0.2, 0.25) is 0 Å². The molecule has 1 aromatic rings. The molecule has 0 bridgehead atoms. The number of halogens is 1. The van der Waals surface area contributed by atoms with Gasteiger partial charge in [-0.25, -0.2) is 0 Å². The van der Waals surface area contributed by atoms with Crippen molar-refractivity contribution in [3.63, 3.8) is 0 Å². The lowest BCUT2D eigenvalue weighted by atomic mass is 9.67. The van der Waals surface area contributed by atoms with Crippen LogP contribution in [0.4, 0.5) is 0 Å². The fraction of sp³-hybridized carbons (Fsp3) is 0.750. The molecule has 1 saturated carbocycles. The van der Waals surface area contributed by atoms with Crippen molar-refractivity contribution in [1.29, 1.82) is 5.26 Å². The van der Waals surface area contributed by atoms with E-state index < -0.39 is 0 Å². The minimum atomic E-state index is -0.200. The lowest BCUT2D eigenvalue weighted by Crippen LogP contribution is -2.30. The predicted molar refractivity (Wildman–Crippen MR) is 84.2 cm³/mol. The van der Waals surface area contributed by atoms with Crippen LogP contribution in [-0.2, 0) is 13.5 Å². The first-order chi connectivity index (χ1) is 9.38. The van der Waals surface area contributed by atoms with Gasteiger partial charge in [-0.3, -0.25) is 4.68 Å². The zero-order chi connectivity index (χ0) is 14.9. The van der Waals surface area contributed by atoms with E-state index in [9.17, 15) is 5.26 Å². The van der Waals surface area contributed by atoms with E-state index in [0.717, 1.165) is 47.0 Å². The predicted octanol–water partition coefficient (Wildman–Crippen LogP) is 4.39. The van der Waals surface area contributed by atoms with Gasteiger partial charge in [0.05, 0.1) is 27.3 Å². The highest BCUT2D eigenvalue weighted by Crippen LogP contribution is 2.44. The standard InChI is InChI=1S/C16H24BrN3/c1-11(2)13-5-7-16(10-18,8-6-13)9-14-15(17)12(3)19-20(14)4/h11,13H,5-9H2,1-4H3. The average Bonchev–Trinajstić information content (AvgIpc) is 2.66. The van der Waals surface area contributed by atoms with Gasteiger partial charge in [-0.05, 0) is 60.4 Å². The molecule has 1 aromatic heterocycles. The molecule has 4 heteroatoms. The van der Waals surface area contributed by atoms with Gasteiger partial charge in [0, 0.05) is 13.5 Å². The van der Waals surface area contributed by atoms with Gasteiger partial charge in [0.1, 0.15) is 0 Å². The third kappa shape index (κ3) is 2.93. The molecule has 1 heterocycles. The second kappa shape index (κ2) is 5.89. The molecule has 1 aliphatic rings. The van der Waals surface area contributed by atoms with Gasteiger partial charge in [-0.1, -0.05) is 13.8 Å². The summed E-state index contributed by atoms with van der Waals surface area (Å²) in [7, 11) is 1.97. The molecule has 0 aromatic carbocycles. The number of nitriles is 1. The summed E-state index contributed by atoms with van der Waals surface area (Å²) in [5.74, 6) is 1.52. The lowest BCUT2D eigenvalue weighted by Gasteiger charge is -2.36. The van der Waals surface area contributed by atoms with E-state index in [4.69, 9.17) is 0 Å². The first-order valence-corrected chi connectivity index (χ1v) is 8.27. The van der Waals surface area contributed by atoms with Gasteiger partial charge in [-0.2, -0.15) is 10.4 Å². The molecule has 0 amide bonds. The molecule has 0 atom stereocenters. The van der Waals surface area contributed by atoms with Crippen LogP contribution in [0.25, 0.3) is 0 Å². The summed E-state index contributed by atoms with van der Waals surface area (Å²) in [5, 5.41) is 14.2. The van der Waals surface area contributed by atoms with Gasteiger partial charge in [0.15, 0.2) is 0 Å². The smallest absolute Gasteiger partial charge is 0.0738 e. The maximum absolute atomic E-state index is 9.72. The Labute approximate surface area is 130 Å². The maximum atomic E-state index is 9.72. The van der Waals surface area contributed by atoms with Crippen LogP contribution in [0.15, 0.2) is 4.47 Å². The monoisotopic (exact) mass is 337 g/mol. The van der Waals surface area contributed by atoms with E-state index in [1.807, 2.05) is 18.7 Å². The van der Waals surface area contributed by atoms with Gasteiger partial charge in [0.2, 0.25) is 0 Å². The van der Waals surface area contributed by atoms with Crippen molar-refractivity contribution < 1.29 is 0 Å². The fourth-order valence-electron chi connectivity index (χ4n) is 3.38. The Morgan fingerprint density at radius 1 is 1.45 bits per heavy atom. The average molecular weight is 338 g/mol. The van der Waals surface area contributed by atoms with E-state index in [0.29, 0.717) is 0 Å². The molecule has 2 rings (SSSR count). The van der Waals surface area contributed by atoms with Crippen LogP contribution in [0, 0.1) is 35.5 Å². The van der Waals surface area contributed by atoms with E-state index in [1.54, 1.807) is 0 Å². The largest absolute Gasteiger partial charge is 0.271 e. The highest BCUT2D eigenvalue weighted by molar-refractivity contribution is 9.10. The Morgan fingerprint density at radius 3 is 2.45 bits per heavy atom. The van der Waals surface area contributed by atoms with Gasteiger partial charge in [-0.15, -0.1) is 0 Å². The highest BCUT2D eigenvalue weighted by Gasteiger charge is 2.37. The van der Waals surface area contributed by atoms with Crippen molar-refractivity contribution in [2.75, 3.05) is 0 Å². The molecule has 1 fully saturated rings. The minimum absolute atomic E-state index is 0.200. The Balaban J connectivity index is 2.16. The Kier molecular flexibility index (Phi) is 4.59. The van der Waals surface area contributed by atoms with Crippen LogP contribution in [-0.4, -0.2) is 9.78 Å². The van der Waals surface area contributed by atoms with Gasteiger partial charge >= 0.3 is 0 Å². The lowest BCUT2D eigenvalue weighted by molar-refractivity contribution is 0.172. The number of aryl methyl sites for hydroxylation is 2. The molecule has 0 radical (unpaired) electrons. The van der Waals surface area contributed by atoms with Crippen LogP contribution in [0.3, 0.4) is 0 Å². The zero-order valence-electron chi connectivity index (χ0n) is 12.9. The molecule has 0 N–H and O–H groups in total. The second-order valence-corrected chi connectivity index (χ2v) is 7.41. The van der Waals surface area contributed by atoms with Crippen molar-refractivity contribution in [2.24, 2.45) is 24.3 Å². The third-order valence-electron chi connectivity index (χ3n) is 4.93. The second-order valence-electron chi connectivity index (χ2n) is 6.62. The van der Waals surface area contributed by atoms with E-state index in [2.05, 4.69) is 40.9 Å². The Hall–Kier alpha value is -0.820. The molecule has 1 aliphatic carbocycles. The van der Waals surface area contributed by atoms with Gasteiger partial charge in [0.25, 0.3) is 0 Å². The van der Waals surface area contributed by atoms with Crippen LogP contribution < -0.4 is 0 Å². The number of rotatable bonds is 3. The summed E-state index contributed by atoms with van der Waals surface area (Å²) >= 11 is 3.62. The van der Waals surface area contributed by atoms with Crippen molar-refractivity contribution in [3.05, 3.63) is 15.9 Å². The summed E-state index contributed by atoms with van der Waals surface area (Å²) < 4.78 is 2.99. The molecule has 20 heavy (non-hydrogen) atoms. The minimum Gasteiger partial charge on any atom is -0.271 e. The molecular formula is C16H24BrN3. The molecule has 110 valence electrons. The molecule has 0 aliphatic heterocycles. The topological polar surface area (TPSA) is 41.6 Å². The summed E-state index contributed by atoms with van der Waals surface area (Å²) in [6, 6.07) is 2.63. The number of nitrogens with zero attached hydrogens (tertiary/aromatic N) is 3. The summed E-state index contributed by atoms with van der Waals surface area (Å²) in [4.78, 5) is 0.